The van der Waals surface area contributed by atoms with Crippen LogP contribution in [0.5, 0.6) is 5.75 Å². The first-order valence-corrected chi connectivity index (χ1v) is 7.95. The fourth-order valence-corrected chi connectivity index (χ4v) is 2.60. The number of hydrogen-bond donors (Lipinski definition) is 1. The van der Waals surface area contributed by atoms with Gasteiger partial charge in [0.05, 0.1) is 17.1 Å². The number of hydrogen-bond acceptors (Lipinski definition) is 6. The van der Waals surface area contributed by atoms with Crippen LogP contribution in [0.15, 0.2) is 36.4 Å². The molecular weight excluding hydrogens is 314 g/mol. The fraction of sp³-hybridized carbons (Fsp3) is 0.471. The van der Waals surface area contributed by atoms with Crippen molar-refractivity contribution in [2.75, 3.05) is 6.61 Å². The van der Waals surface area contributed by atoms with Gasteiger partial charge < -0.3 is 14.6 Å². The Morgan fingerprint density at radius 1 is 1.21 bits per heavy atom. The molecule has 1 aromatic rings. The SMILES string of the molecule is O=C(OCCC1(O)CC/C=C\CCC1)Oc1ccc([N+](=O)[O-])cc1. The van der Waals surface area contributed by atoms with Crippen molar-refractivity contribution < 1.29 is 24.3 Å². The number of nitro groups is 1. The van der Waals surface area contributed by atoms with Crippen LogP contribution in [0.4, 0.5) is 10.5 Å². The lowest BCUT2D eigenvalue weighted by atomic mass is 9.87. The standard InChI is InChI=1S/C17H21NO6/c19-16(24-15-8-6-14(7-9-15)18(21)22)23-13-12-17(20)10-4-2-1-3-5-11-17/h1-2,6-9,20H,3-5,10-13H2/b2-1-. The molecule has 130 valence electrons. The summed E-state index contributed by atoms with van der Waals surface area (Å²) in [6, 6.07) is 5.14. The van der Waals surface area contributed by atoms with Crippen molar-refractivity contribution in [3.63, 3.8) is 0 Å². The van der Waals surface area contributed by atoms with Gasteiger partial charge in [-0.3, -0.25) is 10.1 Å². The van der Waals surface area contributed by atoms with E-state index in [1.807, 2.05) is 0 Å². The Kier molecular flexibility index (Phi) is 6.31. The lowest BCUT2D eigenvalue weighted by molar-refractivity contribution is -0.384. The molecule has 0 heterocycles. The summed E-state index contributed by atoms with van der Waals surface area (Å²) in [4.78, 5) is 21.6. The van der Waals surface area contributed by atoms with Gasteiger partial charge in [-0.1, -0.05) is 12.2 Å². The molecule has 2 rings (SSSR count). The van der Waals surface area contributed by atoms with E-state index in [2.05, 4.69) is 12.2 Å². The highest BCUT2D eigenvalue weighted by Gasteiger charge is 2.26. The number of carbonyl (C=O) groups is 1. The Balaban J connectivity index is 1.76. The third kappa shape index (κ3) is 5.66. The zero-order valence-corrected chi connectivity index (χ0v) is 13.3. The molecule has 7 heteroatoms. The third-order valence-electron chi connectivity index (χ3n) is 3.99. The molecule has 0 aliphatic heterocycles. The maximum absolute atomic E-state index is 11.6. The average Bonchev–Trinajstić information content (AvgIpc) is 2.52. The maximum Gasteiger partial charge on any atom is 0.513 e. The minimum atomic E-state index is -0.891. The van der Waals surface area contributed by atoms with Crippen molar-refractivity contribution in [2.45, 2.75) is 44.1 Å². The van der Waals surface area contributed by atoms with Crippen LogP contribution >= 0.6 is 0 Å². The van der Waals surface area contributed by atoms with Gasteiger partial charge in [-0.15, -0.1) is 0 Å². The second-order valence-corrected chi connectivity index (χ2v) is 5.83. The molecule has 0 saturated heterocycles. The molecule has 24 heavy (non-hydrogen) atoms. The number of rotatable bonds is 5. The van der Waals surface area contributed by atoms with E-state index >= 15 is 0 Å². The predicted molar refractivity (Wildman–Crippen MR) is 86.9 cm³/mol. The molecule has 1 atom stereocenters. The van der Waals surface area contributed by atoms with E-state index in [0.717, 1.165) is 19.3 Å². The molecule has 1 aromatic carbocycles. The van der Waals surface area contributed by atoms with Crippen molar-refractivity contribution in [3.05, 3.63) is 46.5 Å². The van der Waals surface area contributed by atoms with Gasteiger partial charge in [-0.2, -0.15) is 0 Å². The van der Waals surface area contributed by atoms with E-state index in [-0.39, 0.29) is 18.0 Å². The summed E-state index contributed by atoms with van der Waals surface area (Å²) in [7, 11) is 0. The van der Waals surface area contributed by atoms with Gasteiger partial charge in [-0.05, 0) is 44.2 Å². The summed E-state index contributed by atoms with van der Waals surface area (Å²) < 4.78 is 9.93. The molecule has 0 bridgehead atoms. The predicted octanol–water partition coefficient (Wildman–Crippen LogP) is 3.75. The molecule has 0 saturated carbocycles. The van der Waals surface area contributed by atoms with Crippen LogP contribution in [0.2, 0.25) is 0 Å². The molecule has 0 amide bonds. The van der Waals surface area contributed by atoms with E-state index < -0.39 is 16.7 Å². The minimum Gasteiger partial charge on any atom is -0.434 e. The highest BCUT2D eigenvalue weighted by Crippen LogP contribution is 2.27. The number of non-ortho nitro benzene ring substituents is 1. The topological polar surface area (TPSA) is 98.9 Å². The van der Waals surface area contributed by atoms with E-state index in [9.17, 15) is 20.0 Å². The molecule has 0 radical (unpaired) electrons. The third-order valence-corrected chi connectivity index (χ3v) is 3.99. The van der Waals surface area contributed by atoms with Gasteiger partial charge in [0.1, 0.15) is 5.75 Å². The molecular formula is C17H21NO6. The number of carbonyl (C=O) groups excluding carboxylic acids is 1. The zero-order chi connectivity index (χ0) is 17.4. The Morgan fingerprint density at radius 2 is 1.92 bits per heavy atom. The van der Waals surface area contributed by atoms with Crippen LogP contribution in [0, 0.1) is 10.1 Å². The molecule has 0 aromatic heterocycles. The van der Waals surface area contributed by atoms with Crippen LogP contribution in [-0.4, -0.2) is 28.4 Å². The Morgan fingerprint density at radius 3 is 2.62 bits per heavy atom. The summed E-state index contributed by atoms with van der Waals surface area (Å²) in [6.45, 7) is 0.0615. The molecule has 1 aliphatic rings. The summed E-state index contributed by atoms with van der Waals surface area (Å²) in [6.07, 6.45) is 7.64. The summed E-state index contributed by atoms with van der Waals surface area (Å²) in [5.74, 6) is 0.167. The van der Waals surface area contributed by atoms with E-state index in [0.29, 0.717) is 19.3 Å². The maximum atomic E-state index is 11.6. The van der Waals surface area contributed by atoms with Crippen molar-refractivity contribution >= 4 is 11.8 Å². The molecule has 0 spiro atoms. The summed E-state index contributed by atoms with van der Waals surface area (Å²) >= 11 is 0. The average molecular weight is 335 g/mol. The molecule has 7 nitrogen and oxygen atoms in total. The Labute approximate surface area is 140 Å². The molecule has 0 fully saturated rings. The van der Waals surface area contributed by atoms with E-state index in [4.69, 9.17) is 9.47 Å². The van der Waals surface area contributed by atoms with E-state index in [1.54, 1.807) is 0 Å². The van der Waals surface area contributed by atoms with Crippen LogP contribution in [0.25, 0.3) is 0 Å². The number of benzene rings is 1. The van der Waals surface area contributed by atoms with Crippen LogP contribution < -0.4 is 4.74 Å². The number of nitrogens with zero attached hydrogens (tertiary/aromatic N) is 1. The second kappa shape index (κ2) is 8.44. The van der Waals surface area contributed by atoms with Gasteiger partial charge in [0.25, 0.3) is 5.69 Å². The minimum absolute atomic E-state index is 0.0615. The molecule has 1 aliphatic carbocycles. The highest BCUT2D eigenvalue weighted by atomic mass is 16.7. The monoisotopic (exact) mass is 335 g/mol. The lowest BCUT2D eigenvalue weighted by Gasteiger charge is -2.28. The first-order chi connectivity index (χ1) is 11.5. The van der Waals surface area contributed by atoms with Crippen molar-refractivity contribution in [2.24, 2.45) is 0 Å². The van der Waals surface area contributed by atoms with Crippen LogP contribution in [0.1, 0.15) is 38.5 Å². The largest absolute Gasteiger partial charge is 0.513 e. The van der Waals surface area contributed by atoms with Gasteiger partial charge >= 0.3 is 6.16 Å². The van der Waals surface area contributed by atoms with E-state index in [1.165, 1.54) is 24.3 Å². The van der Waals surface area contributed by atoms with Gasteiger partial charge in [0, 0.05) is 18.6 Å². The smallest absolute Gasteiger partial charge is 0.434 e. The van der Waals surface area contributed by atoms with Crippen LogP contribution in [0.3, 0.4) is 0 Å². The highest BCUT2D eigenvalue weighted by molar-refractivity contribution is 5.63. The quantitative estimate of drug-likeness (QED) is 0.289. The normalized spacial score (nSPS) is 22.0. The van der Waals surface area contributed by atoms with Crippen molar-refractivity contribution in [1.29, 1.82) is 0 Å². The first kappa shape index (κ1) is 17.9. The molecule has 1 unspecified atom stereocenters. The Bertz CT molecular complexity index is 598. The number of allylic oxidation sites excluding steroid dienone is 2. The van der Waals surface area contributed by atoms with Crippen LogP contribution in [-0.2, 0) is 4.74 Å². The van der Waals surface area contributed by atoms with Crippen molar-refractivity contribution in [3.8, 4) is 5.75 Å². The second-order valence-electron chi connectivity index (χ2n) is 5.83. The van der Waals surface area contributed by atoms with Crippen molar-refractivity contribution in [1.82, 2.24) is 0 Å². The molecule has 1 N–H and O–H groups in total. The van der Waals surface area contributed by atoms with Gasteiger partial charge in [0.2, 0.25) is 0 Å². The fourth-order valence-electron chi connectivity index (χ4n) is 2.60. The number of ether oxygens (including phenoxy) is 2. The van der Waals surface area contributed by atoms with Gasteiger partial charge in [-0.25, -0.2) is 4.79 Å². The van der Waals surface area contributed by atoms with Gasteiger partial charge in [0.15, 0.2) is 0 Å². The lowest BCUT2D eigenvalue weighted by Crippen LogP contribution is -2.31. The summed E-state index contributed by atoms with van der Waals surface area (Å²) in [5, 5.41) is 21.1. The zero-order valence-electron chi connectivity index (χ0n) is 13.3. The first-order valence-electron chi connectivity index (χ1n) is 7.95. The summed E-state index contributed by atoms with van der Waals surface area (Å²) in [5.41, 5.74) is -0.908. The number of aliphatic hydroxyl groups is 1. The Hall–Kier alpha value is -2.41. The number of nitro benzene ring substituents is 1.